The van der Waals surface area contributed by atoms with Gasteiger partial charge in [-0.1, -0.05) is 0 Å². The minimum atomic E-state index is -2.84. The van der Waals surface area contributed by atoms with Crippen molar-refractivity contribution in [1.82, 2.24) is 4.90 Å². The minimum Gasteiger partial charge on any atom is -0.381 e. The molecule has 0 aromatic rings. The van der Waals surface area contributed by atoms with Gasteiger partial charge in [0.1, 0.15) is 9.84 Å². The fourth-order valence-corrected chi connectivity index (χ4v) is 4.66. The average molecular weight is 276 g/mol. The molecule has 0 aromatic heterocycles. The first-order chi connectivity index (χ1) is 8.49. The van der Waals surface area contributed by atoms with Crippen LogP contribution in [0.4, 0.5) is 0 Å². The number of nitrogens with zero attached hydrogens (tertiary/aromatic N) is 1. The van der Waals surface area contributed by atoms with Crippen molar-refractivity contribution in [3.05, 3.63) is 0 Å². The van der Waals surface area contributed by atoms with Crippen molar-refractivity contribution >= 4 is 9.84 Å². The van der Waals surface area contributed by atoms with Crippen LogP contribution in [0.5, 0.6) is 0 Å². The molecule has 0 radical (unpaired) electrons. The lowest BCUT2D eigenvalue weighted by Gasteiger charge is -2.48. The SMILES string of the molecule is CN(C1CCOCC1)C1(CN)CCS(=O)(=O)CC1. The lowest BCUT2D eigenvalue weighted by molar-refractivity contribution is -0.00573. The average Bonchev–Trinajstić information content (AvgIpc) is 2.40. The first-order valence-corrected chi connectivity index (χ1v) is 8.52. The summed E-state index contributed by atoms with van der Waals surface area (Å²) in [6.45, 7) is 2.14. The number of likely N-dealkylation sites (N-methyl/N-ethyl adjacent to an activating group) is 1. The summed E-state index contributed by atoms with van der Waals surface area (Å²) in [5.74, 6) is 0.551. The van der Waals surface area contributed by atoms with Crippen LogP contribution in [-0.2, 0) is 14.6 Å². The van der Waals surface area contributed by atoms with Crippen LogP contribution in [0.3, 0.4) is 0 Å². The summed E-state index contributed by atoms with van der Waals surface area (Å²) in [5, 5.41) is 0. The van der Waals surface area contributed by atoms with Gasteiger partial charge < -0.3 is 10.5 Å². The van der Waals surface area contributed by atoms with Gasteiger partial charge in [-0.2, -0.15) is 0 Å². The van der Waals surface area contributed by atoms with Crippen molar-refractivity contribution in [1.29, 1.82) is 0 Å². The first-order valence-electron chi connectivity index (χ1n) is 6.70. The molecule has 0 spiro atoms. The standard InChI is InChI=1S/C12H24N2O3S/c1-14(11-2-6-17-7-3-11)12(10-13)4-8-18(15,16)9-5-12/h11H,2-10,13H2,1H3. The van der Waals surface area contributed by atoms with Gasteiger partial charge in [-0.15, -0.1) is 0 Å². The third-order valence-corrected chi connectivity index (χ3v) is 6.28. The summed E-state index contributed by atoms with van der Waals surface area (Å²) in [5.41, 5.74) is 5.84. The third kappa shape index (κ3) is 2.87. The summed E-state index contributed by atoms with van der Waals surface area (Å²) in [4.78, 5) is 2.34. The predicted molar refractivity (Wildman–Crippen MR) is 71.3 cm³/mol. The number of hydrogen-bond donors (Lipinski definition) is 1. The molecule has 18 heavy (non-hydrogen) atoms. The highest BCUT2D eigenvalue weighted by Crippen LogP contribution is 2.32. The molecule has 2 aliphatic heterocycles. The van der Waals surface area contributed by atoms with Crippen LogP contribution in [0.25, 0.3) is 0 Å². The van der Waals surface area contributed by atoms with E-state index in [0.717, 1.165) is 26.1 Å². The lowest BCUT2D eigenvalue weighted by Crippen LogP contribution is -2.60. The molecule has 0 bridgehead atoms. The van der Waals surface area contributed by atoms with E-state index in [9.17, 15) is 8.42 Å². The van der Waals surface area contributed by atoms with Crippen LogP contribution in [0.2, 0.25) is 0 Å². The zero-order valence-corrected chi connectivity index (χ0v) is 11.9. The van der Waals surface area contributed by atoms with E-state index in [-0.39, 0.29) is 17.0 Å². The number of rotatable bonds is 3. The molecule has 5 nitrogen and oxygen atoms in total. The maximum atomic E-state index is 11.6. The molecular weight excluding hydrogens is 252 g/mol. The highest BCUT2D eigenvalue weighted by molar-refractivity contribution is 7.91. The second kappa shape index (κ2) is 5.45. The van der Waals surface area contributed by atoms with Crippen molar-refractivity contribution in [2.75, 3.05) is 38.3 Å². The second-order valence-electron chi connectivity index (χ2n) is 5.53. The van der Waals surface area contributed by atoms with E-state index in [1.807, 2.05) is 0 Å². The minimum absolute atomic E-state index is 0.132. The number of ether oxygens (including phenoxy) is 1. The number of hydrogen-bond acceptors (Lipinski definition) is 5. The zero-order chi connectivity index (χ0) is 13.2. The Morgan fingerprint density at radius 3 is 2.33 bits per heavy atom. The topological polar surface area (TPSA) is 72.6 Å². The molecule has 2 N–H and O–H groups in total. The van der Waals surface area contributed by atoms with Crippen molar-refractivity contribution < 1.29 is 13.2 Å². The van der Waals surface area contributed by atoms with Crippen LogP contribution >= 0.6 is 0 Å². The van der Waals surface area contributed by atoms with Crippen LogP contribution in [-0.4, -0.2) is 63.2 Å². The molecule has 2 saturated heterocycles. The Hall–Kier alpha value is -0.170. The monoisotopic (exact) mass is 276 g/mol. The van der Waals surface area contributed by atoms with Crippen molar-refractivity contribution in [3.8, 4) is 0 Å². The van der Waals surface area contributed by atoms with Gasteiger partial charge in [-0.05, 0) is 32.7 Å². The summed E-state index contributed by atoms with van der Waals surface area (Å²) < 4.78 is 28.5. The molecular formula is C12H24N2O3S. The molecule has 2 aliphatic rings. The van der Waals surface area contributed by atoms with E-state index in [0.29, 0.717) is 25.4 Å². The largest absolute Gasteiger partial charge is 0.381 e. The van der Waals surface area contributed by atoms with Gasteiger partial charge >= 0.3 is 0 Å². The Morgan fingerprint density at radius 2 is 1.83 bits per heavy atom. The molecule has 0 aromatic carbocycles. The maximum absolute atomic E-state index is 11.6. The van der Waals surface area contributed by atoms with Gasteiger partial charge in [0, 0.05) is 31.3 Å². The molecule has 2 fully saturated rings. The summed E-state index contributed by atoms with van der Waals surface area (Å²) in [6.07, 6.45) is 3.37. The highest BCUT2D eigenvalue weighted by Gasteiger charge is 2.41. The highest BCUT2D eigenvalue weighted by atomic mass is 32.2. The van der Waals surface area contributed by atoms with Gasteiger partial charge in [0.05, 0.1) is 11.5 Å². The fraction of sp³-hybridized carbons (Fsp3) is 1.00. The zero-order valence-electron chi connectivity index (χ0n) is 11.1. The molecule has 0 aliphatic carbocycles. The Morgan fingerprint density at radius 1 is 1.28 bits per heavy atom. The van der Waals surface area contributed by atoms with Crippen molar-refractivity contribution in [3.63, 3.8) is 0 Å². The van der Waals surface area contributed by atoms with Gasteiger partial charge in [0.15, 0.2) is 0 Å². The normalized spacial score (nSPS) is 28.4. The Bertz CT molecular complexity index is 363. The van der Waals surface area contributed by atoms with Crippen molar-refractivity contribution in [2.45, 2.75) is 37.3 Å². The van der Waals surface area contributed by atoms with E-state index in [1.54, 1.807) is 0 Å². The first kappa shape index (κ1) is 14.2. The second-order valence-corrected chi connectivity index (χ2v) is 7.84. The van der Waals surface area contributed by atoms with Gasteiger partial charge in [-0.25, -0.2) is 8.42 Å². The van der Waals surface area contributed by atoms with Crippen LogP contribution in [0.1, 0.15) is 25.7 Å². The Labute approximate surface area is 110 Å². The van der Waals surface area contributed by atoms with E-state index in [2.05, 4.69) is 11.9 Å². The molecule has 106 valence electrons. The molecule has 0 atom stereocenters. The van der Waals surface area contributed by atoms with E-state index in [1.165, 1.54) is 0 Å². The lowest BCUT2D eigenvalue weighted by atomic mass is 9.88. The molecule has 0 amide bonds. The Kier molecular flexibility index (Phi) is 4.31. The quantitative estimate of drug-likeness (QED) is 0.786. The van der Waals surface area contributed by atoms with E-state index >= 15 is 0 Å². The van der Waals surface area contributed by atoms with Crippen LogP contribution < -0.4 is 5.73 Å². The van der Waals surface area contributed by atoms with Crippen molar-refractivity contribution in [2.24, 2.45) is 5.73 Å². The molecule has 2 heterocycles. The molecule has 6 heteroatoms. The smallest absolute Gasteiger partial charge is 0.150 e. The van der Waals surface area contributed by atoms with Crippen LogP contribution in [0.15, 0.2) is 0 Å². The predicted octanol–water partition coefficient (Wildman–Crippen LogP) is 0.00330. The summed E-state index contributed by atoms with van der Waals surface area (Å²) in [7, 11) is -0.737. The molecule has 0 saturated carbocycles. The fourth-order valence-electron chi connectivity index (χ4n) is 3.08. The maximum Gasteiger partial charge on any atom is 0.150 e. The Balaban J connectivity index is 2.07. The summed E-state index contributed by atoms with van der Waals surface area (Å²) >= 11 is 0. The number of sulfone groups is 1. The molecule has 0 unspecified atom stereocenters. The van der Waals surface area contributed by atoms with Gasteiger partial charge in [-0.3, -0.25) is 4.90 Å². The molecule has 2 rings (SSSR count). The van der Waals surface area contributed by atoms with Gasteiger partial charge in [0.2, 0.25) is 0 Å². The van der Waals surface area contributed by atoms with E-state index in [4.69, 9.17) is 10.5 Å². The van der Waals surface area contributed by atoms with E-state index < -0.39 is 9.84 Å². The number of nitrogens with two attached hydrogens (primary N) is 1. The van der Waals surface area contributed by atoms with Gasteiger partial charge in [0.25, 0.3) is 0 Å². The van der Waals surface area contributed by atoms with Crippen LogP contribution in [0, 0.1) is 0 Å². The third-order valence-electron chi connectivity index (χ3n) is 4.62. The summed E-state index contributed by atoms with van der Waals surface area (Å²) in [6, 6.07) is 0.475.